The maximum atomic E-state index is 12.1. The smallest absolute Gasteiger partial charge is 0.352 e. The quantitative estimate of drug-likeness (QED) is 0.789. The number of rotatable bonds is 7. The zero-order chi connectivity index (χ0) is 14.6. The van der Waals surface area contributed by atoms with Crippen LogP contribution in [0.4, 0.5) is 0 Å². The Morgan fingerprint density at radius 3 is 2.68 bits per heavy atom. The molecule has 0 aromatic carbocycles. The Balaban J connectivity index is 2.89. The number of carbonyl (C=O) groups is 1. The van der Waals surface area contributed by atoms with Crippen molar-refractivity contribution in [1.82, 2.24) is 9.29 Å². The van der Waals surface area contributed by atoms with E-state index in [4.69, 9.17) is 5.11 Å². The van der Waals surface area contributed by atoms with Gasteiger partial charge < -0.3 is 9.67 Å². The highest BCUT2D eigenvalue weighted by Gasteiger charge is 2.21. The first-order chi connectivity index (χ1) is 8.77. The van der Waals surface area contributed by atoms with Gasteiger partial charge in [-0.3, -0.25) is 0 Å². The molecule has 0 aliphatic rings. The van der Waals surface area contributed by atoms with Crippen molar-refractivity contribution in [2.75, 3.05) is 11.5 Å². The molecule has 1 aromatic rings. The van der Waals surface area contributed by atoms with E-state index in [0.29, 0.717) is 5.75 Å². The van der Waals surface area contributed by atoms with E-state index in [1.807, 2.05) is 6.92 Å². The zero-order valence-corrected chi connectivity index (χ0v) is 12.7. The minimum atomic E-state index is -3.67. The van der Waals surface area contributed by atoms with Crippen LogP contribution in [0.1, 0.15) is 24.3 Å². The molecule has 19 heavy (non-hydrogen) atoms. The summed E-state index contributed by atoms with van der Waals surface area (Å²) >= 11 is 1.64. The van der Waals surface area contributed by atoms with Crippen molar-refractivity contribution in [2.45, 2.75) is 24.8 Å². The molecule has 2 N–H and O–H groups in total. The normalized spacial score (nSPS) is 13.4. The summed E-state index contributed by atoms with van der Waals surface area (Å²) in [6.07, 6.45) is 1.30. The van der Waals surface area contributed by atoms with Crippen LogP contribution in [-0.4, -0.2) is 41.6 Å². The van der Waals surface area contributed by atoms with Crippen molar-refractivity contribution in [3.63, 3.8) is 0 Å². The van der Waals surface area contributed by atoms with Gasteiger partial charge in [0.05, 0.1) is 0 Å². The summed E-state index contributed by atoms with van der Waals surface area (Å²) in [5.74, 6) is 0.438. The number of aryl methyl sites for hydroxylation is 1. The van der Waals surface area contributed by atoms with Gasteiger partial charge in [-0.25, -0.2) is 17.9 Å². The molecule has 0 aliphatic heterocycles. The monoisotopic (exact) mass is 306 g/mol. The summed E-state index contributed by atoms with van der Waals surface area (Å²) in [4.78, 5) is 10.9. The molecule has 0 saturated carbocycles. The van der Waals surface area contributed by atoms with Gasteiger partial charge in [-0.1, -0.05) is 6.92 Å². The molecule has 1 unspecified atom stereocenters. The maximum Gasteiger partial charge on any atom is 0.352 e. The second kappa shape index (κ2) is 6.44. The fraction of sp³-hybridized carbons (Fsp3) is 0.545. The minimum absolute atomic E-state index is 0.0271. The molecule has 1 aromatic heterocycles. The first kappa shape index (κ1) is 16.1. The van der Waals surface area contributed by atoms with E-state index in [1.54, 1.807) is 18.7 Å². The highest BCUT2D eigenvalue weighted by molar-refractivity contribution is 7.99. The van der Waals surface area contributed by atoms with Crippen molar-refractivity contribution >= 4 is 27.8 Å². The first-order valence-corrected chi connectivity index (χ1v) is 8.41. The highest BCUT2D eigenvalue weighted by atomic mass is 32.2. The van der Waals surface area contributed by atoms with Gasteiger partial charge in [-0.15, -0.1) is 0 Å². The predicted octanol–water partition coefficient (Wildman–Crippen LogP) is 1.14. The van der Waals surface area contributed by atoms with E-state index >= 15 is 0 Å². The molecular formula is C11H18N2O4S2. The van der Waals surface area contributed by atoms with Crippen LogP contribution in [0.2, 0.25) is 0 Å². The average Bonchev–Trinajstić information content (AvgIpc) is 2.69. The Kier molecular flexibility index (Phi) is 5.45. The van der Waals surface area contributed by atoms with Crippen LogP contribution >= 0.6 is 11.8 Å². The number of nitrogens with one attached hydrogen (secondary N) is 1. The third-order valence-electron chi connectivity index (χ3n) is 2.44. The molecule has 0 bridgehead atoms. The lowest BCUT2D eigenvalue weighted by atomic mass is 10.4. The lowest BCUT2D eigenvalue weighted by Gasteiger charge is -2.12. The fourth-order valence-corrected chi connectivity index (χ4v) is 3.65. The SMILES string of the molecule is CCSCC(C)NS(=O)(=O)c1cc(C(=O)O)n(C)c1. The van der Waals surface area contributed by atoms with Crippen LogP contribution < -0.4 is 4.72 Å². The second-order valence-corrected chi connectivity index (χ2v) is 7.19. The fourth-order valence-electron chi connectivity index (χ4n) is 1.56. The van der Waals surface area contributed by atoms with Crippen molar-refractivity contribution in [3.8, 4) is 0 Å². The zero-order valence-electron chi connectivity index (χ0n) is 11.1. The minimum Gasteiger partial charge on any atom is -0.477 e. The lowest BCUT2D eigenvalue weighted by Crippen LogP contribution is -2.34. The number of aromatic carboxylic acids is 1. The van der Waals surface area contributed by atoms with Crippen LogP contribution in [0.5, 0.6) is 0 Å². The molecule has 1 heterocycles. The Morgan fingerprint density at radius 2 is 2.21 bits per heavy atom. The maximum absolute atomic E-state index is 12.1. The summed E-state index contributed by atoms with van der Waals surface area (Å²) in [7, 11) is -2.17. The topological polar surface area (TPSA) is 88.4 Å². The van der Waals surface area contributed by atoms with E-state index < -0.39 is 16.0 Å². The molecule has 0 spiro atoms. The summed E-state index contributed by atoms with van der Waals surface area (Å²) in [5, 5.41) is 8.90. The van der Waals surface area contributed by atoms with E-state index in [-0.39, 0.29) is 16.6 Å². The number of carboxylic acids is 1. The van der Waals surface area contributed by atoms with Crippen molar-refractivity contribution in [3.05, 3.63) is 18.0 Å². The number of aromatic nitrogens is 1. The summed E-state index contributed by atoms with van der Waals surface area (Å²) in [6.45, 7) is 3.78. The van der Waals surface area contributed by atoms with Crippen molar-refractivity contribution in [1.29, 1.82) is 0 Å². The Labute approximate surface area is 117 Å². The number of sulfonamides is 1. The largest absolute Gasteiger partial charge is 0.477 e. The van der Waals surface area contributed by atoms with Gasteiger partial charge in [0, 0.05) is 25.0 Å². The van der Waals surface area contributed by atoms with Crippen LogP contribution in [0.3, 0.4) is 0 Å². The van der Waals surface area contributed by atoms with Gasteiger partial charge in [0.15, 0.2) is 0 Å². The molecule has 0 aliphatic carbocycles. The van der Waals surface area contributed by atoms with E-state index in [2.05, 4.69) is 4.72 Å². The molecular weight excluding hydrogens is 288 g/mol. The third kappa shape index (κ3) is 4.26. The average molecular weight is 306 g/mol. The summed E-state index contributed by atoms with van der Waals surface area (Å²) in [6, 6.07) is 0.952. The van der Waals surface area contributed by atoms with E-state index in [1.165, 1.54) is 17.8 Å². The van der Waals surface area contributed by atoms with Crippen molar-refractivity contribution < 1.29 is 18.3 Å². The number of nitrogens with zero attached hydrogens (tertiary/aromatic N) is 1. The van der Waals surface area contributed by atoms with Crippen molar-refractivity contribution in [2.24, 2.45) is 7.05 Å². The van der Waals surface area contributed by atoms with Gasteiger partial charge in [0.2, 0.25) is 10.0 Å². The molecule has 108 valence electrons. The second-order valence-electron chi connectivity index (χ2n) is 4.16. The van der Waals surface area contributed by atoms with Crippen LogP contribution in [0.15, 0.2) is 17.2 Å². The number of hydrogen-bond acceptors (Lipinski definition) is 4. The summed E-state index contributed by atoms with van der Waals surface area (Å²) < 4.78 is 27.9. The first-order valence-electron chi connectivity index (χ1n) is 5.77. The van der Waals surface area contributed by atoms with Gasteiger partial charge in [0.1, 0.15) is 10.6 Å². The van der Waals surface area contributed by atoms with Gasteiger partial charge >= 0.3 is 5.97 Å². The molecule has 8 heteroatoms. The van der Waals surface area contributed by atoms with Crippen LogP contribution in [0, 0.1) is 0 Å². The van der Waals surface area contributed by atoms with E-state index in [9.17, 15) is 13.2 Å². The Morgan fingerprint density at radius 1 is 1.58 bits per heavy atom. The molecule has 6 nitrogen and oxygen atoms in total. The van der Waals surface area contributed by atoms with E-state index in [0.717, 1.165) is 11.8 Å². The standard InChI is InChI=1S/C11H18N2O4S2/c1-4-18-7-8(2)12-19(16,17)9-5-10(11(14)15)13(3)6-9/h5-6,8,12H,4,7H2,1-3H3,(H,14,15). The number of carboxylic acid groups (broad SMARTS) is 1. The van der Waals surface area contributed by atoms with Crippen LogP contribution in [-0.2, 0) is 17.1 Å². The predicted molar refractivity (Wildman–Crippen MR) is 75.2 cm³/mol. The van der Waals surface area contributed by atoms with Crippen LogP contribution in [0.25, 0.3) is 0 Å². The van der Waals surface area contributed by atoms with Gasteiger partial charge in [-0.2, -0.15) is 11.8 Å². The Hall–Kier alpha value is -0.990. The molecule has 1 rings (SSSR count). The molecule has 0 amide bonds. The third-order valence-corrected chi connectivity index (χ3v) is 5.14. The molecule has 0 saturated heterocycles. The molecule has 1 atom stereocenters. The molecule has 0 fully saturated rings. The highest BCUT2D eigenvalue weighted by Crippen LogP contribution is 2.14. The number of thioether (sulfide) groups is 1. The van der Waals surface area contributed by atoms with Gasteiger partial charge in [0.25, 0.3) is 0 Å². The number of hydrogen-bond donors (Lipinski definition) is 2. The molecule has 0 radical (unpaired) electrons. The summed E-state index contributed by atoms with van der Waals surface area (Å²) in [5.41, 5.74) is -0.0593. The van der Waals surface area contributed by atoms with Gasteiger partial charge in [-0.05, 0) is 18.7 Å². The Bertz CT molecular complexity index is 551. The lowest BCUT2D eigenvalue weighted by molar-refractivity contribution is 0.0686.